The summed E-state index contributed by atoms with van der Waals surface area (Å²) in [5, 5.41) is 20.6. The molecule has 0 aliphatic heterocycles. The second-order valence-corrected chi connectivity index (χ2v) is 6.18. The van der Waals surface area contributed by atoms with Crippen molar-refractivity contribution < 1.29 is 23.4 Å². The van der Waals surface area contributed by atoms with Crippen molar-refractivity contribution in [3.05, 3.63) is 53.7 Å². The van der Waals surface area contributed by atoms with Crippen LogP contribution in [0.5, 0.6) is 11.5 Å². The molecule has 3 nitrogen and oxygen atoms in total. The standard InChI is InChI=1S/C19H16F3NO2/c1-10(2)17-15(24)7-12(8-16(17)25)13-6-11-4-3-5-14(19(20,21)22)18(11)23-9-13/h3-10,24-25H,1-2H3. The number of pyridine rings is 1. The van der Waals surface area contributed by atoms with E-state index >= 15 is 0 Å². The van der Waals surface area contributed by atoms with E-state index < -0.39 is 11.7 Å². The van der Waals surface area contributed by atoms with Crippen LogP contribution in [0.25, 0.3) is 22.0 Å². The molecule has 130 valence electrons. The number of benzene rings is 2. The van der Waals surface area contributed by atoms with Gasteiger partial charge in [-0.25, -0.2) is 0 Å². The molecule has 0 saturated carbocycles. The van der Waals surface area contributed by atoms with Crippen molar-refractivity contribution in [1.29, 1.82) is 0 Å². The van der Waals surface area contributed by atoms with Crippen molar-refractivity contribution in [3.8, 4) is 22.6 Å². The molecule has 0 saturated heterocycles. The smallest absolute Gasteiger partial charge is 0.418 e. The van der Waals surface area contributed by atoms with E-state index in [0.717, 1.165) is 6.07 Å². The first-order valence-electron chi connectivity index (χ1n) is 7.70. The van der Waals surface area contributed by atoms with Gasteiger partial charge in [-0.3, -0.25) is 4.98 Å². The molecule has 0 fully saturated rings. The Hall–Kier alpha value is -2.76. The lowest BCUT2D eigenvalue weighted by Crippen LogP contribution is -2.06. The zero-order chi connectivity index (χ0) is 18.4. The second kappa shape index (κ2) is 5.95. The Bertz CT molecular complexity index is 926. The Kier molecular flexibility index (Phi) is 4.06. The average Bonchev–Trinajstić information content (AvgIpc) is 2.51. The topological polar surface area (TPSA) is 53.4 Å². The first kappa shape index (κ1) is 17.1. The molecule has 0 spiro atoms. The molecule has 0 bridgehead atoms. The molecule has 6 heteroatoms. The minimum atomic E-state index is -4.48. The third-order valence-electron chi connectivity index (χ3n) is 4.06. The first-order chi connectivity index (χ1) is 11.7. The minimum absolute atomic E-state index is 0.0610. The van der Waals surface area contributed by atoms with E-state index in [0.29, 0.717) is 22.1 Å². The van der Waals surface area contributed by atoms with Crippen LogP contribution in [0.2, 0.25) is 0 Å². The van der Waals surface area contributed by atoms with Gasteiger partial charge in [0.2, 0.25) is 0 Å². The summed E-state index contributed by atoms with van der Waals surface area (Å²) in [6, 6.07) is 8.37. The van der Waals surface area contributed by atoms with Gasteiger partial charge in [-0.05, 0) is 35.7 Å². The molecule has 3 rings (SSSR count). The van der Waals surface area contributed by atoms with Crippen molar-refractivity contribution in [1.82, 2.24) is 4.98 Å². The number of para-hydroxylation sites is 1. The molecule has 0 aliphatic rings. The summed E-state index contributed by atoms with van der Waals surface area (Å²) >= 11 is 0. The zero-order valence-electron chi connectivity index (χ0n) is 13.6. The fourth-order valence-corrected chi connectivity index (χ4v) is 2.93. The number of alkyl halides is 3. The summed E-state index contributed by atoms with van der Waals surface area (Å²) in [5.41, 5.74) is 0.485. The molecule has 1 aromatic heterocycles. The van der Waals surface area contributed by atoms with E-state index in [2.05, 4.69) is 4.98 Å². The maximum atomic E-state index is 13.1. The van der Waals surface area contributed by atoms with Gasteiger partial charge in [0, 0.05) is 22.7 Å². The van der Waals surface area contributed by atoms with Crippen LogP contribution in [0.15, 0.2) is 42.6 Å². The second-order valence-electron chi connectivity index (χ2n) is 6.18. The lowest BCUT2D eigenvalue weighted by atomic mass is 9.96. The monoisotopic (exact) mass is 347 g/mol. The van der Waals surface area contributed by atoms with E-state index in [1.54, 1.807) is 12.1 Å². The summed E-state index contributed by atoms with van der Waals surface area (Å²) in [6.07, 6.45) is -3.18. The van der Waals surface area contributed by atoms with E-state index in [1.807, 2.05) is 13.8 Å². The highest BCUT2D eigenvalue weighted by Crippen LogP contribution is 2.39. The number of fused-ring (bicyclic) bond motifs is 1. The molecule has 0 radical (unpaired) electrons. The van der Waals surface area contributed by atoms with E-state index in [9.17, 15) is 23.4 Å². The molecule has 2 N–H and O–H groups in total. The van der Waals surface area contributed by atoms with E-state index in [1.165, 1.54) is 24.4 Å². The average molecular weight is 347 g/mol. The zero-order valence-corrected chi connectivity index (χ0v) is 13.6. The molecule has 0 atom stereocenters. The van der Waals surface area contributed by atoms with Gasteiger partial charge in [-0.15, -0.1) is 0 Å². The van der Waals surface area contributed by atoms with Crippen LogP contribution in [0.3, 0.4) is 0 Å². The number of aromatic nitrogens is 1. The number of rotatable bonds is 2. The van der Waals surface area contributed by atoms with Gasteiger partial charge < -0.3 is 10.2 Å². The van der Waals surface area contributed by atoms with Crippen molar-refractivity contribution in [2.75, 3.05) is 0 Å². The van der Waals surface area contributed by atoms with Crippen LogP contribution < -0.4 is 0 Å². The molecule has 1 heterocycles. The summed E-state index contributed by atoms with van der Waals surface area (Å²) in [6.45, 7) is 3.68. The van der Waals surface area contributed by atoms with E-state index in [4.69, 9.17) is 0 Å². The SMILES string of the molecule is CC(C)c1c(O)cc(-c2cnc3c(C(F)(F)F)cccc3c2)cc1O. The van der Waals surface area contributed by atoms with Gasteiger partial charge in [0.15, 0.2) is 0 Å². The van der Waals surface area contributed by atoms with Crippen molar-refractivity contribution >= 4 is 10.9 Å². The Morgan fingerprint density at radius 2 is 1.60 bits per heavy atom. The lowest BCUT2D eigenvalue weighted by molar-refractivity contribution is -0.136. The highest BCUT2D eigenvalue weighted by Gasteiger charge is 2.33. The number of nitrogens with zero attached hydrogens (tertiary/aromatic N) is 1. The predicted octanol–water partition coefficient (Wildman–Crippen LogP) is 5.46. The summed E-state index contributed by atoms with van der Waals surface area (Å²) in [5.74, 6) is -0.193. The van der Waals surface area contributed by atoms with Crippen molar-refractivity contribution in [2.45, 2.75) is 25.9 Å². The molecular formula is C19H16F3NO2. The Morgan fingerprint density at radius 3 is 2.16 bits per heavy atom. The van der Waals surface area contributed by atoms with Gasteiger partial charge in [0.25, 0.3) is 0 Å². The van der Waals surface area contributed by atoms with Gasteiger partial charge >= 0.3 is 6.18 Å². The van der Waals surface area contributed by atoms with Crippen LogP contribution in [0.4, 0.5) is 13.2 Å². The summed E-state index contributed by atoms with van der Waals surface area (Å²) in [7, 11) is 0. The molecule has 0 unspecified atom stereocenters. The number of hydrogen-bond donors (Lipinski definition) is 2. The van der Waals surface area contributed by atoms with Gasteiger partial charge in [0.05, 0.1) is 11.1 Å². The molecular weight excluding hydrogens is 331 g/mol. The maximum absolute atomic E-state index is 13.1. The van der Waals surface area contributed by atoms with Crippen molar-refractivity contribution in [3.63, 3.8) is 0 Å². The molecule has 0 aliphatic carbocycles. The fraction of sp³-hybridized carbons (Fsp3) is 0.211. The number of phenolic OH excluding ortho intramolecular Hbond substituents is 2. The Labute approximate surface area is 142 Å². The largest absolute Gasteiger partial charge is 0.507 e. The van der Waals surface area contributed by atoms with Crippen LogP contribution in [-0.4, -0.2) is 15.2 Å². The van der Waals surface area contributed by atoms with Crippen LogP contribution >= 0.6 is 0 Å². The normalized spacial score (nSPS) is 12.1. The number of aromatic hydroxyl groups is 2. The fourth-order valence-electron chi connectivity index (χ4n) is 2.93. The molecule has 2 aromatic carbocycles. The molecule has 0 amide bonds. The molecule has 3 aromatic rings. The predicted molar refractivity (Wildman–Crippen MR) is 89.6 cm³/mol. The third-order valence-corrected chi connectivity index (χ3v) is 4.06. The quantitative estimate of drug-likeness (QED) is 0.648. The lowest BCUT2D eigenvalue weighted by Gasteiger charge is -2.14. The van der Waals surface area contributed by atoms with Crippen LogP contribution in [0, 0.1) is 0 Å². The maximum Gasteiger partial charge on any atom is 0.418 e. The first-order valence-corrected chi connectivity index (χ1v) is 7.70. The third kappa shape index (κ3) is 3.12. The molecule has 25 heavy (non-hydrogen) atoms. The summed E-state index contributed by atoms with van der Waals surface area (Å²) in [4.78, 5) is 3.96. The van der Waals surface area contributed by atoms with Crippen molar-refractivity contribution in [2.24, 2.45) is 0 Å². The van der Waals surface area contributed by atoms with Gasteiger partial charge in [-0.1, -0.05) is 26.0 Å². The van der Waals surface area contributed by atoms with Crippen LogP contribution in [-0.2, 0) is 6.18 Å². The van der Waals surface area contributed by atoms with Gasteiger partial charge in [-0.2, -0.15) is 13.2 Å². The number of halogens is 3. The van der Waals surface area contributed by atoms with Gasteiger partial charge in [0.1, 0.15) is 11.5 Å². The Balaban J connectivity index is 2.15. The highest BCUT2D eigenvalue weighted by molar-refractivity contribution is 5.86. The minimum Gasteiger partial charge on any atom is -0.507 e. The van der Waals surface area contributed by atoms with Crippen LogP contribution in [0.1, 0.15) is 30.9 Å². The number of phenols is 2. The number of hydrogen-bond acceptors (Lipinski definition) is 3. The summed E-state index contributed by atoms with van der Waals surface area (Å²) < 4.78 is 39.2. The highest BCUT2D eigenvalue weighted by atomic mass is 19.4. The Morgan fingerprint density at radius 1 is 0.960 bits per heavy atom. The van der Waals surface area contributed by atoms with E-state index in [-0.39, 0.29) is 22.9 Å².